The second kappa shape index (κ2) is 4.66. The fraction of sp³-hybridized carbons (Fsp3) is 0.308. The third-order valence-corrected chi connectivity index (χ3v) is 4.37. The van der Waals surface area contributed by atoms with Crippen molar-refractivity contribution < 1.29 is 13.2 Å². The van der Waals surface area contributed by atoms with E-state index < -0.39 is 11.9 Å². The minimum absolute atomic E-state index is 0.275. The maximum Gasteiger partial charge on any atom is 0.433 e. The van der Waals surface area contributed by atoms with Crippen LogP contribution in [0.5, 0.6) is 0 Å². The standard InChI is InChI=1S/C13H12F3N3S/c14-13(15,16)12-5-10(9(17)6-18-12)19-3-1-11-8(7-19)2-4-20-11/h2,4-6H,1,3,7,17H2. The van der Waals surface area contributed by atoms with E-state index in [1.54, 1.807) is 11.3 Å². The predicted molar refractivity (Wildman–Crippen MR) is 72.7 cm³/mol. The molecule has 1 aliphatic heterocycles. The van der Waals surface area contributed by atoms with Crippen LogP contribution in [-0.2, 0) is 19.1 Å². The molecule has 0 bridgehead atoms. The highest BCUT2D eigenvalue weighted by atomic mass is 32.1. The van der Waals surface area contributed by atoms with Crippen LogP contribution in [0.25, 0.3) is 0 Å². The van der Waals surface area contributed by atoms with E-state index in [-0.39, 0.29) is 5.69 Å². The summed E-state index contributed by atoms with van der Waals surface area (Å²) < 4.78 is 38.2. The fourth-order valence-corrected chi connectivity index (χ4v) is 3.23. The van der Waals surface area contributed by atoms with Gasteiger partial charge in [0.2, 0.25) is 0 Å². The molecule has 0 aliphatic carbocycles. The zero-order valence-corrected chi connectivity index (χ0v) is 11.3. The van der Waals surface area contributed by atoms with Gasteiger partial charge in [0.1, 0.15) is 5.69 Å². The van der Waals surface area contributed by atoms with Gasteiger partial charge in [-0.2, -0.15) is 13.2 Å². The molecule has 106 valence electrons. The van der Waals surface area contributed by atoms with Gasteiger partial charge in [-0.3, -0.25) is 0 Å². The Morgan fingerprint density at radius 1 is 1.35 bits per heavy atom. The van der Waals surface area contributed by atoms with Crippen molar-refractivity contribution in [3.8, 4) is 0 Å². The van der Waals surface area contributed by atoms with Crippen LogP contribution in [0.2, 0.25) is 0 Å². The molecule has 7 heteroatoms. The first-order chi connectivity index (χ1) is 9.45. The monoisotopic (exact) mass is 299 g/mol. The second-order valence-electron chi connectivity index (χ2n) is 4.67. The summed E-state index contributed by atoms with van der Waals surface area (Å²) in [5.74, 6) is 0. The maximum absolute atomic E-state index is 12.7. The molecule has 0 amide bonds. The summed E-state index contributed by atoms with van der Waals surface area (Å²) in [6.45, 7) is 1.25. The number of halogens is 3. The quantitative estimate of drug-likeness (QED) is 0.878. The van der Waals surface area contributed by atoms with Crippen molar-refractivity contribution in [1.29, 1.82) is 0 Å². The summed E-state index contributed by atoms with van der Waals surface area (Å²) in [5.41, 5.74) is 6.72. The van der Waals surface area contributed by atoms with E-state index >= 15 is 0 Å². The maximum atomic E-state index is 12.7. The molecule has 3 nitrogen and oxygen atoms in total. The van der Waals surface area contributed by atoms with E-state index in [0.29, 0.717) is 18.8 Å². The van der Waals surface area contributed by atoms with Gasteiger partial charge in [-0.25, -0.2) is 4.98 Å². The van der Waals surface area contributed by atoms with E-state index in [1.807, 2.05) is 16.3 Å². The van der Waals surface area contributed by atoms with Gasteiger partial charge in [0.25, 0.3) is 0 Å². The third kappa shape index (κ3) is 2.33. The average Bonchev–Trinajstić information content (AvgIpc) is 2.85. The van der Waals surface area contributed by atoms with Crippen LogP contribution >= 0.6 is 11.3 Å². The fourth-order valence-electron chi connectivity index (χ4n) is 2.34. The molecule has 0 unspecified atom stereocenters. The number of rotatable bonds is 1. The summed E-state index contributed by atoms with van der Waals surface area (Å²) in [5, 5.41) is 2.01. The molecule has 2 aromatic rings. The van der Waals surface area contributed by atoms with Gasteiger partial charge < -0.3 is 10.6 Å². The number of nitrogen functional groups attached to an aromatic ring is 1. The van der Waals surface area contributed by atoms with Crippen molar-refractivity contribution in [3.63, 3.8) is 0 Å². The van der Waals surface area contributed by atoms with Gasteiger partial charge in [-0.05, 0) is 29.5 Å². The first kappa shape index (κ1) is 13.2. The topological polar surface area (TPSA) is 42.1 Å². The summed E-state index contributed by atoms with van der Waals surface area (Å²) >= 11 is 1.68. The number of hydrogen-bond acceptors (Lipinski definition) is 4. The lowest BCUT2D eigenvalue weighted by Crippen LogP contribution is -2.30. The van der Waals surface area contributed by atoms with E-state index in [2.05, 4.69) is 4.98 Å². The Bertz CT molecular complexity index is 636. The Morgan fingerprint density at radius 3 is 2.90 bits per heavy atom. The van der Waals surface area contributed by atoms with Crippen LogP contribution in [-0.4, -0.2) is 11.5 Å². The smallest absolute Gasteiger partial charge is 0.396 e. The number of hydrogen-bond donors (Lipinski definition) is 1. The van der Waals surface area contributed by atoms with Crippen LogP contribution < -0.4 is 10.6 Å². The van der Waals surface area contributed by atoms with Crippen LogP contribution in [0, 0.1) is 0 Å². The van der Waals surface area contributed by atoms with Gasteiger partial charge in [0.05, 0.1) is 17.6 Å². The number of anilines is 2. The lowest BCUT2D eigenvalue weighted by Gasteiger charge is -2.30. The molecule has 1 aliphatic rings. The molecule has 0 fully saturated rings. The first-order valence-electron chi connectivity index (χ1n) is 6.08. The van der Waals surface area contributed by atoms with Gasteiger partial charge in [-0.15, -0.1) is 11.3 Å². The van der Waals surface area contributed by atoms with Crippen molar-refractivity contribution in [2.45, 2.75) is 19.1 Å². The van der Waals surface area contributed by atoms with Gasteiger partial charge in [-0.1, -0.05) is 0 Å². The summed E-state index contributed by atoms with van der Waals surface area (Å²) in [6, 6.07) is 3.04. The molecule has 0 saturated heterocycles. The number of aromatic nitrogens is 1. The van der Waals surface area contributed by atoms with Crippen molar-refractivity contribution in [1.82, 2.24) is 4.98 Å². The number of fused-ring (bicyclic) bond motifs is 1. The number of alkyl halides is 3. The summed E-state index contributed by atoms with van der Waals surface area (Å²) in [6.07, 6.45) is -2.54. The molecule has 3 heterocycles. The van der Waals surface area contributed by atoms with E-state index in [4.69, 9.17) is 5.73 Å². The minimum atomic E-state index is -4.45. The molecule has 0 saturated carbocycles. The molecule has 2 aromatic heterocycles. The predicted octanol–water partition coefficient (Wildman–Crippen LogP) is 3.31. The zero-order valence-electron chi connectivity index (χ0n) is 10.4. The first-order valence-corrected chi connectivity index (χ1v) is 6.96. The Hall–Kier alpha value is -1.76. The Balaban J connectivity index is 1.95. The Labute approximate surface area is 117 Å². The Morgan fingerprint density at radius 2 is 2.15 bits per heavy atom. The minimum Gasteiger partial charge on any atom is -0.396 e. The van der Waals surface area contributed by atoms with Crippen LogP contribution in [0.15, 0.2) is 23.7 Å². The molecule has 3 rings (SSSR count). The SMILES string of the molecule is Nc1cnc(C(F)(F)F)cc1N1CCc2sccc2C1. The zero-order chi connectivity index (χ0) is 14.3. The highest BCUT2D eigenvalue weighted by Crippen LogP contribution is 2.35. The number of thiophene rings is 1. The normalized spacial score (nSPS) is 15.2. The molecular formula is C13H12F3N3S. The highest BCUT2D eigenvalue weighted by molar-refractivity contribution is 7.10. The number of pyridine rings is 1. The summed E-state index contributed by atoms with van der Waals surface area (Å²) in [7, 11) is 0. The molecule has 0 spiro atoms. The molecule has 0 radical (unpaired) electrons. The molecule has 0 atom stereocenters. The van der Waals surface area contributed by atoms with E-state index in [1.165, 1.54) is 4.88 Å². The lowest BCUT2D eigenvalue weighted by atomic mass is 10.1. The van der Waals surface area contributed by atoms with Crippen molar-refractivity contribution in [2.75, 3.05) is 17.2 Å². The van der Waals surface area contributed by atoms with Crippen LogP contribution in [0.1, 0.15) is 16.1 Å². The van der Waals surface area contributed by atoms with E-state index in [0.717, 1.165) is 24.2 Å². The Kier molecular flexibility index (Phi) is 3.08. The lowest BCUT2D eigenvalue weighted by molar-refractivity contribution is -0.141. The van der Waals surface area contributed by atoms with Crippen molar-refractivity contribution in [3.05, 3.63) is 39.8 Å². The molecule has 2 N–H and O–H groups in total. The van der Waals surface area contributed by atoms with Crippen molar-refractivity contribution in [2.24, 2.45) is 0 Å². The third-order valence-electron chi connectivity index (χ3n) is 3.35. The number of nitrogens with two attached hydrogens (primary N) is 1. The molecular weight excluding hydrogens is 287 g/mol. The van der Waals surface area contributed by atoms with Crippen molar-refractivity contribution >= 4 is 22.7 Å². The second-order valence-corrected chi connectivity index (χ2v) is 5.67. The van der Waals surface area contributed by atoms with Crippen LogP contribution in [0.3, 0.4) is 0 Å². The average molecular weight is 299 g/mol. The number of nitrogens with zero attached hydrogens (tertiary/aromatic N) is 2. The molecule has 0 aromatic carbocycles. The van der Waals surface area contributed by atoms with Gasteiger partial charge in [0, 0.05) is 18.0 Å². The van der Waals surface area contributed by atoms with Gasteiger partial charge >= 0.3 is 6.18 Å². The largest absolute Gasteiger partial charge is 0.433 e. The highest BCUT2D eigenvalue weighted by Gasteiger charge is 2.33. The molecule has 20 heavy (non-hydrogen) atoms. The summed E-state index contributed by atoms with van der Waals surface area (Å²) in [4.78, 5) is 6.54. The van der Waals surface area contributed by atoms with E-state index in [9.17, 15) is 13.2 Å². The van der Waals surface area contributed by atoms with Crippen LogP contribution in [0.4, 0.5) is 24.5 Å². The van der Waals surface area contributed by atoms with Gasteiger partial charge in [0.15, 0.2) is 0 Å².